The van der Waals surface area contributed by atoms with E-state index >= 15 is 0 Å². The zero-order valence-corrected chi connectivity index (χ0v) is 12.9. The van der Waals surface area contributed by atoms with Gasteiger partial charge in [-0.1, -0.05) is 17.7 Å². The summed E-state index contributed by atoms with van der Waals surface area (Å²) >= 11 is 5.74. The van der Waals surface area contributed by atoms with Gasteiger partial charge in [0.05, 0.1) is 5.02 Å². The normalized spacial score (nSPS) is 21.6. The first-order valence-electron chi connectivity index (χ1n) is 7.08. The zero-order chi connectivity index (χ0) is 14.7. The zero-order valence-electron chi connectivity index (χ0n) is 12.1. The molecular formula is C15H23ClFN3. The van der Waals surface area contributed by atoms with Gasteiger partial charge in [0.1, 0.15) is 5.82 Å². The molecule has 1 aromatic carbocycles. The van der Waals surface area contributed by atoms with Crippen LogP contribution in [0, 0.1) is 5.82 Å². The summed E-state index contributed by atoms with van der Waals surface area (Å²) in [5, 5.41) is 0.155. The van der Waals surface area contributed by atoms with E-state index in [4.69, 9.17) is 17.3 Å². The van der Waals surface area contributed by atoms with Crippen LogP contribution < -0.4 is 5.73 Å². The Morgan fingerprint density at radius 2 is 2.30 bits per heavy atom. The molecule has 0 saturated carbocycles. The second kappa shape index (κ2) is 6.85. The molecule has 2 rings (SSSR count). The van der Waals surface area contributed by atoms with Gasteiger partial charge in [0, 0.05) is 25.2 Å². The molecule has 20 heavy (non-hydrogen) atoms. The Kier molecular flexibility index (Phi) is 5.38. The third-order valence-corrected chi connectivity index (χ3v) is 4.56. The molecule has 0 bridgehead atoms. The molecule has 0 amide bonds. The standard InChI is InChI=1S/C15H23ClFN3/c1-19-7-3-4-12(19)10-20(2)15(9-18)11-5-6-13(16)14(17)8-11/h5-6,8,12,15H,3-4,7,9-10,18H2,1-2H3. The second-order valence-electron chi connectivity index (χ2n) is 5.64. The predicted molar refractivity (Wildman–Crippen MR) is 81.5 cm³/mol. The van der Waals surface area contributed by atoms with E-state index in [0.29, 0.717) is 12.6 Å². The quantitative estimate of drug-likeness (QED) is 0.907. The third-order valence-electron chi connectivity index (χ3n) is 4.25. The fourth-order valence-corrected chi connectivity index (χ4v) is 3.08. The van der Waals surface area contributed by atoms with Crippen molar-refractivity contribution in [1.29, 1.82) is 0 Å². The Morgan fingerprint density at radius 3 is 2.85 bits per heavy atom. The lowest BCUT2D eigenvalue weighted by Crippen LogP contribution is -2.40. The fraction of sp³-hybridized carbons (Fsp3) is 0.600. The van der Waals surface area contributed by atoms with Crippen LogP contribution >= 0.6 is 11.6 Å². The van der Waals surface area contributed by atoms with Crippen LogP contribution in [-0.2, 0) is 0 Å². The van der Waals surface area contributed by atoms with E-state index in [1.165, 1.54) is 18.9 Å². The number of hydrogen-bond acceptors (Lipinski definition) is 3. The maximum atomic E-state index is 13.6. The smallest absolute Gasteiger partial charge is 0.142 e. The van der Waals surface area contributed by atoms with E-state index in [-0.39, 0.29) is 16.9 Å². The van der Waals surface area contributed by atoms with Gasteiger partial charge in [0.25, 0.3) is 0 Å². The van der Waals surface area contributed by atoms with E-state index in [0.717, 1.165) is 18.7 Å². The molecule has 2 unspecified atom stereocenters. The summed E-state index contributed by atoms with van der Waals surface area (Å²) in [4.78, 5) is 4.60. The van der Waals surface area contributed by atoms with Crippen molar-refractivity contribution in [3.8, 4) is 0 Å². The van der Waals surface area contributed by atoms with Gasteiger partial charge in [-0.2, -0.15) is 0 Å². The van der Waals surface area contributed by atoms with Gasteiger partial charge in [0.15, 0.2) is 0 Å². The number of halogens is 2. The molecule has 1 heterocycles. The fourth-order valence-electron chi connectivity index (χ4n) is 2.96. The summed E-state index contributed by atoms with van der Waals surface area (Å²) in [5.41, 5.74) is 6.78. The largest absolute Gasteiger partial charge is 0.329 e. The van der Waals surface area contributed by atoms with Crippen LogP contribution in [0.1, 0.15) is 24.4 Å². The van der Waals surface area contributed by atoms with Crippen molar-refractivity contribution in [3.63, 3.8) is 0 Å². The van der Waals surface area contributed by atoms with E-state index in [1.807, 2.05) is 6.07 Å². The molecule has 1 saturated heterocycles. The van der Waals surface area contributed by atoms with Crippen molar-refractivity contribution in [3.05, 3.63) is 34.6 Å². The molecule has 112 valence electrons. The Morgan fingerprint density at radius 1 is 1.55 bits per heavy atom. The molecule has 0 aromatic heterocycles. The molecule has 0 aliphatic carbocycles. The minimum Gasteiger partial charge on any atom is -0.329 e. The first-order chi connectivity index (χ1) is 9.52. The van der Waals surface area contributed by atoms with Crippen molar-refractivity contribution in [1.82, 2.24) is 9.80 Å². The third kappa shape index (κ3) is 3.50. The molecule has 1 aliphatic heterocycles. The van der Waals surface area contributed by atoms with Crippen molar-refractivity contribution >= 4 is 11.6 Å². The topological polar surface area (TPSA) is 32.5 Å². The highest BCUT2D eigenvalue weighted by Gasteiger charge is 2.25. The molecule has 5 heteroatoms. The van der Waals surface area contributed by atoms with E-state index in [9.17, 15) is 4.39 Å². The highest BCUT2D eigenvalue weighted by molar-refractivity contribution is 6.30. The highest BCUT2D eigenvalue weighted by Crippen LogP contribution is 2.25. The number of likely N-dealkylation sites (N-methyl/N-ethyl adjacent to an activating group) is 2. The number of benzene rings is 1. The first-order valence-corrected chi connectivity index (χ1v) is 7.46. The second-order valence-corrected chi connectivity index (χ2v) is 6.05. The van der Waals surface area contributed by atoms with E-state index in [2.05, 4.69) is 23.9 Å². The van der Waals surface area contributed by atoms with Crippen molar-refractivity contribution in [2.75, 3.05) is 33.7 Å². The molecular weight excluding hydrogens is 277 g/mol. The Balaban J connectivity index is 2.08. The summed E-state index contributed by atoms with van der Waals surface area (Å²) in [6.45, 7) is 2.57. The molecule has 2 atom stereocenters. The molecule has 3 nitrogen and oxygen atoms in total. The first kappa shape index (κ1) is 15.7. The van der Waals surface area contributed by atoms with Crippen LogP contribution in [-0.4, -0.2) is 49.6 Å². The lowest BCUT2D eigenvalue weighted by atomic mass is 10.0. The van der Waals surface area contributed by atoms with E-state index < -0.39 is 0 Å². The summed E-state index contributed by atoms with van der Waals surface area (Å²) in [6, 6.07) is 5.54. The minimum absolute atomic E-state index is 0.0239. The Hall–Kier alpha value is -0.680. The number of nitrogens with zero attached hydrogens (tertiary/aromatic N) is 2. The van der Waals surface area contributed by atoms with E-state index in [1.54, 1.807) is 6.07 Å². The summed E-state index contributed by atoms with van der Waals surface area (Å²) in [5.74, 6) is -0.381. The highest BCUT2D eigenvalue weighted by atomic mass is 35.5. The van der Waals surface area contributed by atoms with Gasteiger partial charge < -0.3 is 10.6 Å². The maximum absolute atomic E-state index is 13.6. The van der Waals surface area contributed by atoms with Gasteiger partial charge in [-0.05, 0) is 51.2 Å². The van der Waals surface area contributed by atoms with Crippen molar-refractivity contribution in [2.45, 2.75) is 24.9 Å². The monoisotopic (exact) mass is 299 g/mol. The van der Waals surface area contributed by atoms with Crippen molar-refractivity contribution in [2.24, 2.45) is 5.73 Å². The maximum Gasteiger partial charge on any atom is 0.142 e. The summed E-state index contributed by atoms with van der Waals surface area (Å²) < 4.78 is 13.6. The molecule has 2 N–H and O–H groups in total. The Labute approximate surface area is 125 Å². The number of rotatable bonds is 5. The number of likely N-dealkylation sites (tertiary alicyclic amines) is 1. The molecule has 1 fully saturated rings. The van der Waals surface area contributed by atoms with Crippen LogP contribution in [0.3, 0.4) is 0 Å². The molecule has 0 radical (unpaired) electrons. The average molecular weight is 300 g/mol. The molecule has 1 aliphatic rings. The summed E-state index contributed by atoms with van der Waals surface area (Å²) in [7, 11) is 4.21. The van der Waals surface area contributed by atoms with Crippen LogP contribution in [0.4, 0.5) is 4.39 Å². The van der Waals surface area contributed by atoms with Crippen LogP contribution in [0.5, 0.6) is 0 Å². The SMILES string of the molecule is CN1CCCC1CN(C)C(CN)c1ccc(Cl)c(F)c1. The molecule has 1 aromatic rings. The van der Waals surface area contributed by atoms with Crippen LogP contribution in [0.2, 0.25) is 5.02 Å². The van der Waals surface area contributed by atoms with Gasteiger partial charge >= 0.3 is 0 Å². The van der Waals surface area contributed by atoms with Gasteiger partial charge in [-0.15, -0.1) is 0 Å². The summed E-state index contributed by atoms with van der Waals surface area (Å²) in [6.07, 6.45) is 2.46. The van der Waals surface area contributed by atoms with Crippen LogP contribution in [0.25, 0.3) is 0 Å². The minimum atomic E-state index is -0.381. The number of nitrogens with two attached hydrogens (primary N) is 1. The van der Waals surface area contributed by atoms with Gasteiger partial charge in [0.2, 0.25) is 0 Å². The lowest BCUT2D eigenvalue weighted by molar-refractivity contribution is 0.179. The Bertz CT molecular complexity index is 455. The van der Waals surface area contributed by atoms with Crippen molar-refractivity contribution < 1.29 is 4.39 Å². The predicted octanol–water partition coefficient (Wildman–Crippen LogP) is 2.50. The van der Waals surface area contributed by atoms with Gasteiger partial charge in [-0.3, -0.25) is 4.90 Å². The lowest BCUT2D eigenvalue weighted by Gasteiger charge is -2.32. The number of hydrogen-bond donors (Lipinski definition) is 1. The van der Waals surface area contributed by atoms with Crippen LogP contribution in [0.15, 0.2) is 18.2 Å². The van der Waals surface area contributed by atoms with Gasteiger partial charge in [-0.25, -0.2) is 4.39 Å². The molecule has 0 spiro atoms. The average Bonchev–Trinajstić information content (AvgIpc) is 2.80.